The zero-order valence-corrected chi connectivity index (χ0v) is 13.0. The van der Waals surface area contributed by atoms with E-state index < -0.39 is 0 Å². The smallest absolute Gasteiger partial charge is 0.410 e. The highest BCUT2D eigenvalue weighted by atomic mass is 16.6. The Kier molecular flexibility index (Phi) is 4.05. The number of nitrogens with one attached hydrogen (secondary N) is 1. The zero-order chi connectivity index (χ0) is 15.7. The number of fused-ring (bicyclic) bond motifs is 1. The Labute approximate surface area is 130 Å². The molecule has 0 aliphatic carbocycles. The van der Waals surface area contributed by atoms with Crippen molar-refractivity contribution in [2.24, 2.45) is 11.8 Å². The molecule has 3 rings (SSSR count). The molecule has 2 heterocycles. The highest BCUT2D eigenvalue weighted by Crippen LogP contribution is 2.34. The lowest BCUT2D eigenvalue weighted by Gasteiger charge is -2.28. The van der Waals surface area contributed by atoms with Crippen LogP contribution in [0.15, 0.2) is 30.3 Å². The molecule has 2 amide bonds. The molecule has 2 aliphatic heterocycles. The summed E-state index contributed by atoms with van der Waals surface area (Å²) < 4.78 is 5.43. The summed E-state index contributed by atoms with van der Waals surface area (Å²) in [7, 11) is 0. The Bertz CT molecular complexity index is 558. The predicted octanol–water partition coefficient (Wildman–Crippen LogP) is 2.17. The lowest BCUT2D eigenvalue weighted by atomic mass is 9.88. The van der Waals surface area contributed by atoms with Gasteiger partial charge in [0.05, 0.1) is 18.0 Å². The maximum absolute atomic E-state index is 12.4. The summed E-state index contributed by atoms with van der Waals surface area (Å²) in [6.45, 7) is 4.96. The summed E-state index contributed by atoms with van der Waals surface area (Å²) in [6.07, 6.45) is 0.485. The summed E-state index contributed by atoms with van der Waals surface area (Å²) in [4.78, 5) is 26.2. The Morgan fingerprint density at radius 3 is 2.77 bits per heavy atom. The molecule has 0 radical (unpaired) electrons. The summed E-state index contributed by atoms with van der Waals surface area (Å²) in [5.41, 5.74) is 0.965. The highest BCUT2D eigenvalue weighted by Gasteiger charge is 2.51. The van der Waals surface area contributed by atoms with Crippen LogP contribution in [0.5, 0.6) is 0 Å². The average molecular weight is 302 g/mol. The SMILES string of the molecule is CC(C)C1C(=O)NC2CCN(C(=O)OCc3ccccc3)[C@@H]21. The minimum Gasteiger partial charge on any atom is -0.445 e. The first-order chi connectivity index (χ1) is 10.6. The fourth-order valence-electron chi connectivity index (χ4n) is 3.56. The van der Waals surface area contributed by atoms with Crippen molar-refractivity contribution in [3.8, 4) is 0 Å². The van der Waals surface area contributed by atoms with Crippen LogP contribution >= 0.6 is 0 Å². The molecule has 0 saturated carbocycles. The molecular formula is C17H22N2O3. The number of nitrogens with zero attached hydrogens (tertiary/aromatic N) is 1. The van der Waals surface area contributed by atoms with Crippen LogP contribution in [0.4, 0.5) is 4.79 Å². The second-order valence-corrected chi connectivity index (χ2v) is 6.40. The molecule has 0 spiro atoms. The third-order valence-corrected chi connectivity index (χ3v) is 4.61. The van der Waals surface area contributed by atoms with Crippen molar-refractivity contribution in [1.82, 2.24) is 10.2 Å². The van der Waals surface area contributed by atoms with Crippen LogP contribution in [0.2, 0.25) is 0 Å². The van der Waals surface area contributed by atoms with Gasteiger partial charge in [0.25, 0.3) is 0 Å². The van der Waals surface area contributed by atoms with Crippen molar-refractivity contribution in [1.29, 1.82) is 0 Å². The standard InChI is InChI=1S/C17H22N2O3/c1-11(2)14-15-13(18-16(14)20)8-9-19(15)17(21)22-10-12-6-4-3-5-7-12/h3-7,11,13-15H,8-10H2,1-2H3,(H,18,20)/t13?,14?,15-/m0/s1. The van der Waals surface area contributed by atoms with E-state index in [2.05, 4.69) is 5.32 Å². The van der Waals surface area contributed by atoms with Gasteiger partial charge in [0.2, 0.25) is 5.91 Å². The van der Waals surface area contributed by atoms with Crippen molar-refractivity contribution in [2.45, 2.75) is 39.0 Å². The number of amides is 2. The number of benzene rings is 1. The summed E-state index contributed by atoms with van der Waals surface area (Å²) in [5.74, 6) is 0.125. The van der Waals surface area contributed by atoms with Crippen molar-refractivity contribution in [3.63, 3.8) is 0 Å². The summed E-state index contributed by atoms with van der Waals surface area (Å²) >= 11 is 0. The van der Waals surface area contributed by atoms with Crippen molar-refractivity contribution in [3.05, 3.63) is 35.9 Å². The van der Waals surface area contributed by atoms with Crippen molar-refractivity contribution in [2.75, 3.05) is 6.54 Å². The maximum atomic E-state index is 12.4. The molecule has 2 saturated heterocycles. The lowest BCUT2D eigenvalue weighted by molar-refractivity contribution is -0.124. The molecule has 1 N–H and O–H groups in total. The molecule has 0 aromatic heterocycles. The van der Waals surface area contributed by atoms with E-state index in [1.807, 2.05) is 44.2 Å². The van der Waals surface area contributed by atoms with Gasteiger partial charge in [0, 0.05) is 6.54 Å². The van der Waals surface area contributed by atoms with Gasteiger partial charge in [0.15, 0.2) is 0 Å². The quantitative estimate of drug-likeness (QED) is 0.931. The third-order valence-electron chi connectivity index (χ3n) is 4.61. The topological polar surface area (TPSA) is 58.6 Å². The van der Waals surface area contributed by atoms with Crippen LogP contribution in [0.1, 0.15) is 25.8 Å². The monoisotopic (exact) mass is 302 g/mol. The van der Waals surface area contributed by atoms with Gasteiger partial charge in [-0.15, -0.1) is 0 Å². The molecule has 1 aromatic rings. The molecule has 22 heavy (non-hydrogen) atoms. The van der Waals surface area contributed by atoms with Gasteiger partial charge < -0.3 is 15.0 Å². The number of carbonyl (C=O) groups excluding carboxylic acids is 2. The van der Waals surface area contributed by atoms with Crippen molar-refractivity contribution >= 4 is 12.0 Å². The lowest BCUT2D eigenvalue weighted by Crippen LogP contribution is -2.44. The van der Waals surface area contributed by atoms with Crippen LogP contribution in [-0.4, -0.2) is 35.5 Å². The van der Waals surface area contributed by atoms with Gasteiger partial charge >= 0.3 is 6.09 Å². The van der Waals surface area contributed by atoms with Crippen LogP contribution < -0.4 is 5.32 Å². The Morgan fingerprint density at radius 1 is 1.36 bits per heavy atom. The van der Waals surface area contributed by atoms with Gasteiger partial charge in [-0.3, -0.25) is 4.79 Å². The molecule has 5 heteroatoms. The van der Waals surface area contributed by atoms with E-state index in [9.17, 15) is 9.59 Å². The molecule has 2 fully saturated rings. The number of hydrogen-bond donors (Lipinski definition) is 1. The minimum absolute atomic E-state index is 0.0607. The molecule has 3 atom stereocenters. The number of rotatable bonds is 3. The van der Waals surface area contributed by atoms with E-state index in [1.165, 1.54) is 0 Å². The molecule has 0 bridgehead atoms. The molecular weight excluding hydrogens is 280 g/mol. The maximum Gasteiger partial charge on any atom is 0.410 e. The second-order valence-electron chi connectivity index (χ2n) is 6.40. The fourth-order valence-corrected chi connectivity index (χ4v) is 3.56. The number of likely N-dealkylation sites (tertiary alicyclic amines) is 1. The minimum atomic E-state index is -0.321. The zero-order valence-electron chi connectivity index (χ0n) is 13.0. The van der Waals surface area contributed by atoms with Gasteiger partial charge in [-0.25, -0.2) is 4.79 Å². The van der Waals surface area contributed by atoms with Gasteiger partial charge in [-0.2, -0.15) is 0 Å². The van der Waals surface area contributed by atoms with E-state index >= 15 is 0 Å². The molecule has 2 unspecified atom stereocenters. The van der Waals surface area contributed by atoms with E-state index in [0.29, 0.717) is 6.54 Å². The van der Waals surface area contributed by atoms with Gasteiger partial charge in [-0.05, 0) is 17.9 Å². The number of ether oxygens (including phenoxy) is 1. The average Bonchev–Trinajstić information content (AvgIpc) is 3.03. The third kappa shape index (κ3) is 2.67. The fraction of sp³-hybridized carbons (Fsp3) is 0.529. The highest BCUT2D eigenvalue weighted by molar-refractivity contribution is 5.84. The Balaban J connectivity index is 1.66. The van der Waals surface area contributed by atoms with Gasteiger partial charge in [-0.1, -0.05) is 44.2 Å². The first-order valence-corrected chi connectivity index (χ1v) is 7.85. The van der Waals surface area contributed by atoms with Gasteiger partial charge in [0.1, 0.15) is 6.61 Å². The first kappa shape index (κ1) is 14.9. The second kappa shape index (κ2) is 5.99. The molecule has 118 valence electrons. The predicted molar refractivity (Wildman–Crippen MR) is 82.0 cm³/mol. The van der Waals surface area contributed by atoms with Crippen LogP contribution in [0, 0.1) is 11.8 Å². The van der Waals surface area contributed by atoms with E-state index in [1.54, 1.807) is 4.90 Å². The Hall–Kier alpha value is -2.04. The number of hydrogen-bond acceptors (Lipinski definition) is 3. The van der Waals surface area contributed by atoms with E-state index in [-0.39, 0.29) is 42.5 Å². The first-order valence-electron chi connectivity index (χ1n) is 7.85. The van der Waals surface area contributed by atoms with E-state index in [0.717, 1.165) is 12.0 Å². The van der Waals surface area contributed by atoms with Crippen LogP contribution in [0.25, 0.3) is 0 Å². The van der Waals surface area contributed by atoms with Crippen LogP contribution in [-0.2, 0) is 16.1 Å². The van der Waals surface area contributed by atoms with Crippen LogP contribution in [0.3, 0.4) is 0 Å². The normalized spacial score (nSPS) is 27.0. The molecule has 2 aliphatic rings. The van der Waals surface area contributed by atoms with E-state index in [4.69, 9.17) is 4.74 Å². The number of carbonyl (C=O) groups is 2. The molecule has 5 nitrogen and oxygen atoms in total. The summed E-state index contributed by atoms with van der Waals surface area (Å²) in [5, 5.41) is 3.02. The van der Waals surface area contributed by atoms with Crippen molar-refractivity contribution < 1.29 is 14.3 Å². The largest absolute Gasteiger partial charge is 0.445 e. The Morgan fingerprint density at radius 2 is 2.09 bits per heavy atom. The summed E-state index contributed by atoms with van der Waals surface area (Å²) in [6, 6.07) is 9.63. The molecule has 1 aromatic carbocycles.